The number of aryl methyl sites for hydroxylation is 4. The van der Waals surface area contributed by atoms with E-state index in [0.29, 0.717) is 36.0 Å². The van der Waals surface area contributed by atoms with Crippen LogP contribution < -0.4 is 10.6 Å². The fourth-order valence-corrected chi connectivity index (χ4v) is 10.3. The molecule has 2 saturated heterocycles. The highest BCUT2D eigenvalue weighted by Crippen LogP contribution is 2.36. The molecular weight excluding hydrogens is 905 g/mol. The van der Waals surface area contributed by atoms with Crippen LogP contribution in [0.15, 0.2) is 72.8 Å². The maximum Gasteiger partial charge on any atom is 0.407 e. The molecule has 4 heterocycles. The van der Waals surface area contributed by atoms with Gasteiger partial charge in [-0.1, -0.05) is 48.5 Å². The third-order valence-corrected chi connectivity index (χ3v) is 14.4. The van der Waals surface area contributed by atoms with Gasteiger partial charge in [-0.25, -0.2) is 19.6 Å². The molecule has 4 amide bonds. The zero-order chi connectivity index (χ0) is 47.3. The van der Waals surface area contributed by atoms with Gasteiger partial charge in [0.2, 0.25) is 11.8 Å². The number of nitrogens with zero attached hydrogens (tertiary/aromatic N) is 4. The summed E-state index contributed by atoms with van der Waals surface area (Å²) in [5.74, 6) is 2.18. The van der Waals surface area contributed by atoms with Crippen LogP contribution in [0, 0.1) is 0 Å². The lowest BCUT2D eigenvalue weighted by atomic mass is 9.87. The molecule has 4 N–H and O–H groups in total. The summed E-state index contributed by atoms with van der Waals surface area (Å²) >= 11 is 3.21. The van der Waals surface area contributed by atoms with E-state index in [4.69, 9.17) is 28.9 Å². The lowest BCUT2D eigenvalue weighted by Crippen LogP contribution is -2.49. The molecule has 18 heteroatoms. The number of carbonyl (C=O) groups is 4. The van der Waals surface area contributed by atoms with Crippen molar-refractivity contribution in [1.82, 2.24) is 40.4 Å². The Morgan fingerprint density at radius 2 is 1.09 bits per heavy atom. The number of carbonyl (C=O) groups excluding carboxylic acids is 4. The van der Waals surface area contributed by atoms with Gasteiger partial charge in [0.15, 0.2) is 0 Å². The molecule has 2 fully saturated rings. The molecule has 4 aromatic carbocycles. The largest absolute Gasteiger partial charge is 0.453 e. The van der Waals surface area contributed by atoms with Crippen molar-refractivity contribution in [2.24, 2.45) is 0 Å². The van der Waals surface area contributed by atoms with E-state index in [-0.39, 0.29) is 38.5 Å². The van der Waals surface area contributed by atoms with Gasteiger partial charge in [-0.15, -0.1) is 0 Å². The van der Waals surface area contributed by atoms with Crippen LogP contribution in [0.3, 0.4) is 0 Å². The number of hydrogen-bond acceptors (Lipinski definition) is 12. The minimum atomic E-state index is -0.745. The first-order valence-corrected chi connectivity index (χ1v) is 25.6. The van der Waals surface area contributed by atoms with Crippen LogP contribution in [0.5, 0.6) is 0 Å². The number of imidazole rings is 2. The number of methoxy groups -OCH3 is 2. The number of hydrogen-bond donors (Lipinski definition) is 4. The van der Waals surface area contributed by atoms with Gasteiger partial charge in [-0.3, -0.25) is 9.59 Å². The Hall–Kier alpha value is -6.08. The van der Waals surface area contributed by atoms with Gasteiger partial charge in [0, 0.05) is 0 Å². The van der Waals surface area contributed by atoms with Crippen LogP contribution in [0.25, 0.3) is 44.3 Å². The minimum absolute atomic E-state index is 0.102. The van der Waals surface area contributed by atoms with E-state index in [1.807, 2.05) is 24.6 Å². The van der Waals surface area contributed by atoms with Crippen LogP contribution in [-0.2, 0) is 54.2 Å². The van der Waals surface area contributed by atoms with E-state index in [1.54, 1.807) is 33.3 Å². The average molecular weight is 961 g/mol. The minimum Gasteiger partial charge on any atom is -0.453 e. The van der Waals surface area contributed by atoms with E-state index in [2.05, 4.69) is 81.3 Å². The second kappa shape index (κ2) is 21.1. The summed E-state index contributed by atoms with van der Waals surface area (Å²) in [5, 5.41) is 5.40. The molecule has 0 spiro atoms. The van der Waals surface area contributed by atoms with Crippen LogP contribution in [0.2, 0.25) is 0 Å². The second-order valence-corrected chi connectivity index (χ2v) is 19.2. The quantitative estimate of drug-likeness (QED) is 0.0852. The van der Waals surface area contributed by atoms with Crippen molar-refractivity contribution in [3.05, 3.63) is 107 Å². The molecule has 68 heavy (non-hydrogen) atoms. The summed E-state index contributed by atoms with van der Waals surface area (Å²) in [7, 11) is 2.57. The summed E-state index contributed by atoms with van der Waals surface area (Å²) in [5.41, 5.74) is 12.8. The topological polar surface area (TPSA) is 193 Å². The lowest BCUT2D eigenvalue weighted by Gasteiger charge is -2.26. The summed E-state index contributed by atoms with van der Waals surface area (Å²) in [4.78, 5) is 72.0. The molecule has 0 saturated carbocycles. The first-order valence-electron chi connectivity index (χ1n) is 22.8. The van der Waals surface area contributed by atoms with Gasteiger partial charge >= 0.3 is 12.2 Å². The SMILES string of the molecule is COC(=O)N[C@@H](CCSC)C(=O)N1COC[C@H]1c1nc2ccc(-c3cc4ccc3CCc3ccc(c(-c5ccc6nc([C@@H]7COCN7C(=O)[C@H](CCSC)NC(=O)OC)[nH]c6c5)c3)CC4)cc2[nH]1. The zero-order valence-electron chi connectivity index (χ0n) is 38.6. The summed E-state index contributed by atoms with van der Waals surface area (Å²) in [6.45, 7) is 0.781. The Morgan fingerprint density at radius 3 is 1.50 bits per heavy atom. The van der Waals surface area contributed by atoms with Gasteiger partial charge < -0.3 is 49.3 Å². The molecule has 6 aliphatic rings. The van der Waals surface area contributed by atoms with Crippen LogP contribution in [-0.4, -0.2) is 131 Å². The molecule has 16 nitrogen and oxygen atoms in total. The van der Waals surface area contributed by atoms with Gasteiger partial charge in [0.05, 0.1) is 49.5 Å². The van der Waals surface area contributed by atoms with Crippen LogP contribution >= 0.6 is 23.5 Å². The van der Waals surface area contributed by atoms with E-state index >= 15 is 0 Å². The fraction of sp³-hybridized carbons (Fsp3) is 0.400. The fourth-order valence-electron chi connectivity index (χ4n) is 9.36. The molecule has 356 valence electrons. The van der Waals surface area contributed by atoms with E-state index in [9.17, 15) is 19.2 Å². The molecule has 0 radical (unpaired) electrons. The molecule has 4 aliphatic carbocycles. The highest BCUT2D eigenvalue weighted by Gasteiger charge is 2.39. The number of amides is 4. The predicted octanol–water partition coefficient (Wildman–Crippen LogP) is 7.33. The molecule has 4 atom stereocenters. The Bertz CT molecular complexity index is 2640. The van der Waals surface area contributed by atoms with Crippen molar-refractivity contribution in [3.8, 4) is 22.3 Å². The van der Waals surface area contributed by atoms with Gasteiger partial charge in [0.1, 0.15) is 49.3 Å². The maximum atomic E-state index is 13.8. The highest BCUT2D eigenvalue weighted by molar-refractivity contribution is 7.98. The molecular formula is C50H56N8O8S2. The van der Waals surface area contributed by atoms with Crippen molar-refractivity contribution in [3.63, 3.8) is 0 Å². The normalized spacial score (nSPS) is 17.8. The number of fused-ring (bicyclic) bond motifs is 2. The predicted molar refractivity (Wildman–Crippen MR) is 263 cm³/mol. The Balaban J connectivity index is 0.931. The van der Waals surface area contributed by atoms with Crippen LogP contribution in [0.4, 0.5) is 9.59 Å². The number of thioether (sulfide) groups is 2. The highest BCUT2D eigenvalue weighted by atomic mass is 32.2. The standard InChI is InChI=1S/C50H56N8O8S2/c1-63-49(61)55-39(17-19-67-3)47(59)57-27-65-25-43(57)45-51-37-15-13-33(23-41(37)53-45)35-21-29-5-9-31(35)11-7-30-6-10-32(12-8-29)36(22-30)34-14-16-38-42(24-34)54-46(52-38)44-26-66-28-58(44)48(60)40(18-20-68-4)56-50(62)64-2/h5-6,9-10,13-16,21-24,39-40,43-44H,7-8,11-12,17-20,25-28H2,1-4H3,(H,51,53)(H,52,54)(H,55,61)(H,56,62)/t39-,40-,43-,44-/m0/s1. The summed E-state index contributed by atoms with van der Waals surface area (Å²) in [6, 6.07) is 23.9. The number of nitrogens with one attached hydrogen (secondary N) is 4. The van der Waals surface area contributed by atoms with Crippen molar-refractivity contribution in [2.45, 2.75) is 62.7 Å². The number of aromatic nitrogens is 4. The van der Waals surface area contributed by atoms with Crippen molar-refractivity contribution >= 4 is 69.6 Å². The average Bonchev–Trinajstić information content (AvgIpc) is 4.20. The molecule has 4 bridgehead atoms. The number of H-pyrrole nitrogens is 2. The Labute approximate surface area is 403 Å². The summed E-state index contributed by atoms with van der Waals surface area (Å²) in [6.07, 6.45) is 6.90. The van der Waals surface area contributed by atoms with E-state index in [0.717, 1.165) is 58.9 Å². The zero-order valence-corrected chi connectivity index (χ0v) is 40.2. The van der Waals surface area contributed by atoms with Gasteiger partial charge in [0.25, 0.3) is 0 Å². The van der Waals surface area contributed by atoms with Crippen molar-refractivity contribution < 1.29 is 38.1 Å². The Kier molecular flexibility index (Phi) is 14.6. The van der Waals surface area contributed by atoms with Gasteiger partial charge in [-0.05, 0) is 131 Å². The van der Waals surface area contributed by atoms with E-state index in [1.165, 1.54) is 47.6 Å². The third-order valence-electron chi connectivity index (χ3n) is 13.1. The Morgan fingerprint density at radius 1 is 0.647 bits per heavy atom. The molecule has 2 aromatic heterocycles. The third kappa shape index (κ3) is 10.0. The molecule has 2 aliphatic heterocycles. The number of benzene rings is 4. The van der Waals surface area contributed by atoms with Crippen molar-refractivity contribution in [2.75, 3.05) is 64.9 Å². The van der Waals surface area contributed by atoms with Gasteiger partial charge in [-0.2, -0.15) is 23.5 Å². The smallest absolute Gasteiger partial charge is 0.407 e. The second-order valence-electron chi connectivity index (χ2n) is 17.3. The molecule has 6 aromatic rings. The maximum absolute atomic E-state index is 13.8. The van der Waals surface area contributed by atoms with Crippen LogP contribution in [0.1, 0.15) is 58.8 Å². The summed E-state index contributed by atoms with van der Waals surface area (Å²) < 4.78 is 21.2. The lowest BCUT2D eigenvalue weighted by molar-refractivity contribution is -0.136. The number of ether oxygens (including phenoxy) is 4. The number of aromatic amines is 2. The first kappa shape index (κ1) is 47.0. The molecule has 0 unspecified atom stereocenters. The number of alkyl carbamates (subject to hydrolysis) is 2. The molecule has 12 rings (SSSR count). The monoisotopic (exact) mass is 960 g/mol. The van der Waals surface area contributed by atoms with E-state index < -0.39 is 36.4 Å². The first-order chi connectivity index (χ1) is 33.1. The van der Waals surface area contributed by atoms with Crippen molar-refractivity contribution in [1.29, 1.82) is 0 Å². The number of rotatable bonds is 14.